The number of hydrogen-bond donors (Lipinski definition) is 3. The molecule has 0 amide bonds. The molecule has 188 valence electrons. The van der Waals surface area contributed by atoms with Gasteiger partial charge in [-0.05, 0) is 47.2 Å². The van der Waals surface area contributed by atoms with Gasteiger partial charge < -0.3 is 20.3 Å². The Morgan fingerprint density at radius 2 is 1.53 bits per heavy atom. The minimum absolute atomic E-state index is 0.153. The van der Waals surface area contributed by atoms with Crippen LogP contribution < -0.4 is 10.1 Å². The first-order chi connectivity index (χ1) is 15.8. The maximum atomic E-state index is 10.6. The van der Waals surface area contributed by atoms with Gasteiger partial charge in [-0.1, -0.05) is 57.2 Å². The number of benzene rings is 2. The molecule has 0 saturated heterocycles. The van der Waals surface area contributed by atoms with E-state index in [9.17, 15) is 18.0 Å². The summed E-state index contributed by atoms with van der Waals surface area (Å²) in [4.78, 5) is 19.4. The summed E-state index contributed by atoms with van der Waals surface area (Å²) in [5, 5.41) is 18.9. The first kappa shape index (κ1) is 29.0. The highest BCUT2D eigenvalue weighted by Crippen LogP contribution is 2.22. The molecule has 0 aliphatic rings. The maximum Gasteiger partial charge on any atom is 0.490 e. The monoisotopic (exact) mass is 483 g/mol. The van der Waals surface area contributed by atoms with Gasteiger partial charge in [-0.3, -0.25) is 4.79 Å². The second-order valence-electron chi connectivity index (χ2n) is 8.64. The average molecular weight is 484 g/mol. The fourth-order valence-electron chi connectivity index (χ4n) is 2.80. The lowest BCUT2D eigenvalue weighted by molar-refractivity contribution is -0.192. The number of alkyl halides is 3. The van der Waals surface area contributed by atoms with Crippen LogP contribution in [0.2, 0.25) is 0 Å². The van der Waals surface area contributed by atoms with Crippen LogP contribution in [0.25, 0.3) is 0 Å². The summed E-state index contributed by atoms with van der Waals surface area (Å²) in [5.41, 5.74) is 3.99. The summed E-state index contributed by atoms with van der Waals surface area (Å²) >= 11 is 0. The summed E-state index contributed by atoms with van der Waals surface area (Å²) in [6, 6.07) is 16.9. The smallest absolute Gasteiger partial charge is 0.490 e. The summed E-state index contributed by atoms with van der Waals surface area (Å²) in [5.74, 6) is -2.65. The molecule has 0 aliphatic carbocycles. The van der Waals surface area contributed by atoms with Crippen LogP contribution in [0.4, 0.5) is 13.2 Å². The van der Waals surface area contributed by atoms with Crippen molar-refractivity contribution in [3.8, 4) is 5.75 Å². The molecule has 6 nitrogen and oxygen atoms in total. The Kier molecular flexibility index (Phi) is 11.6. The number of carboxylic acids is 2. The minimum atomic E-state index is -5.08. The predicted molar refractivity (Wildman–Crippen MR) is 123 cm³/mol. The highest BCUT2D eigenvalue weighted by molar-refractivity contribution is 5.73. The van der Waals surface area contributed by atoms with E-state index in [0.717, 1.165) is 25.1 Å². The van der Waals surface area contributed by atoms with Crippen LogP contribution in [-0.2, 0) is 27.8 Å². The zero-order valence-corrected chi connectivity index (χ0v) is 19.6. The average Bonchev–Trinajstić information content (AvgIpc) is 2.73. The molecule has 9 heteroatoms. The second-order valence-corrected chi connectivity index (χ2v) is 8.64. The topological polar surface area (TPSA) is 95.9 Å². The van der Waals surface area contributed by atoms with Crippen molar-refractivity contribution in [2.75, 3.05) is 19.7 Å². The lowest BCUT2D eigenvalue weighted by Crippen LogP contribution is -2.21. The number of rotatable bonds is 10. The summed E-state index contributed by atoms with van der Waals surface area (Å²) in [6.45, 7) is 8.57. The van der Waals surface area contributed by atoms with E-state index in [1.807, 2.05) is 12.1 Å². The van der Waals surface area contributed by atoms with Gasteiger partial charge in [0.2, 0.25) is 0 Å². The van der Waals surface area contributed by atoms with Gasteiger partial charge in [0.25, 0.3) is 0 Å². The lowest BCUT2D eigenvalue weighted by Gasteiger charge is -2.19. The van der Waals surface area contributed by atoms with Crippen molar-refractivity contribution in [3.05, 3.63) is 65.2 Å². The molecule has 0 unspecified atom stereocenters. The van der Waals surface area contributed by atoms with E-state index in [4.69, 9.17) is 19.7 Å². The van der Waals surface area contributed by atoms with E-state index < -0.39 is 18.1 Å². The van der Waals surface area contributed by atoms with E-state index >= 15 is 0 Å². The zero-order valence-electron chi connectivity index (χ0n) is 19.6. The third kappa shape index (κ3) is 12.2. The summed E-state index contributed by atoms with van der Waals surface area (Å²) in [7, 11) is 0. The van der Waals surface area contributed by atoms with Crippen molar-refractivity contribution in [1.82, 2.24) is 5.32 Å². The van der Waals surface area contributed by atoms with Crippen LogP contribution in [0.3, 0.4) is 0 Å². The third-order valence-electron chi connectivity index (χ3n) is 4.73. The highest BCUT2D eigenvalue weighted by Gasteiger charge is 2.38. The Morgan fingerprint density at radius 1 is 0.912 bits per heavy atom. The quantitative estimate of drug-likeness (QED) is 0.419. The van der Waals surface area contributed by atoms with E-state index in [1.54, 1.807) is 0 Å². The number of carbonyl (C=O) groups is 2. The Hall–Kier alpha value is -3.07. The maximum absolute atomic E-state index is 10.6. The number of nitrogens with one attached hydrogen (secondary N) is 1. The number of hydrogen-bond acceptors (Lipinski definition) is 4. The van der Waals surface area contributed by atoms with Gasteiger partial charge in [-0.25, -0.2) is 4.79 Å². The molecule has 0 heterocycles. The first-order valence-electron chi connectivity index (χ1n) is 10.8. The Morgan fingerprint density at radius 3 is 2.06 bits per heavy atom. The van der Waals surface area contributed by atoms with Gasteiger partial charge in [0.05, 0.1) is 13.0 Å². The van der Waals surface area contributed by atoms with Crippen molar-refractivity contribution in [3.63, 3.8) is 0 Å². The number of carboxylic acid groups (broad SMARTS) is 2. The molecular weight excluding hydrogens is 451 g/mol. The molecule has 34 heavy (non-hydrogen) atoms. The second kappa shape index (κ2) is 13.6. The first-order valence-corrected chi connectivity index (χ1v) is 10.8. The molecule has 0 spiro atoms. The largest absolute Gasteiger partial charge is 0.493 e. The van der Waals surface area contributed by atoms with E-state index in [-0.39, 0.29) is 11.8 Å². The van der Waals surface area contributed by atoms with Crippen molar-refractivity contribution >= 4 is 11.9 Å². The molecule has 2 rings (SSSR count). The van der Waals surface area contributed by atoms with Crippen LogP contribution in [-0.4, -0.2) is 48.0 Å². The van der Waals surface area contributed by atoms with Crippen molar-refractivity contribution in [1.29, 1.82) is 0 Å². The summed E-state index contributed by atoms with van der Waals surface area (Å²) in [6.07, 6.45) is -3.20. The van der Waals surface area contributed by atoms with Gasteiger partial charge in [-0.15, -0.1) is 0 Å². The molecule has 0 bridgehead atoms. The van der Waals surface area contributed by atoms with Crippen LogP contribution in [0.5, 0.6) is 5.75 Å². The van der Waals surface area contributed by atoms with Gasteiger partial charge in [0.15, 0.2) is 0 Å². The fourth-order valence-corrected chi connectivity index (χ4v) is 2.80. The van der Waals surface area contributed by atoms with Crippen molar-refractivity contribution < 1.29 is 37.7 Å². The molecule has 0 aliphatic heterocycles. The summed E-state index contributed by atoms with van der Waals surface area (Å²) < 4.78 is 37.6. The Bertz CT molecular complexity index is 906. The fraction of sp³-hybridized carbons (Fsp3) is 0.440. The number of aliphatic carboxylic acids is 2. The van der Waals surface area contributed by atoms with Crippen LogP contribution in [0.1, 0.15) is 43.9 Å². The molecule has 0 aromatic heterocycles. The Labute approximate surface area is 197 Å². The zero-order chi connectivity index (χ0) is 25.8. The Balaban J connectivity index is 0.000000718. The molecular formula is C25H32F3NO5. The van der Waals surface area contributed by atoms with Crippen molar-refractivity contribution in [2.24, 2.45) is 0 Å². The van der Waals surface area contributed by atoms with Gasteiger partial charge in [0.1, 0.15) is 5.75 Å². The number of halogens is 3. The van der Waals surface area contributed by atoms with Crippen LogP contribution in [0.15, 0.2) is 48.5 Å². The minimum Gasteiger partial charge on any atom is -0.493 e. The molecule has 2 aromatic carbocycles. The van der Waals surface area contributed by atoms with E-state index in [1.165, 1.54) is 16.7 Å². The van der Waals surface area contributed by atoms with E-state index in [0.29, 0.717) is 13.2 Å². The van der Waals surface area contributed by atoms with E-state index in [2.05, 4.69) is 62.5 Å². The SMILES string of the molecule is CC(C)(C)c1ccc(CCOc2cccc(CCNCCC(=O)O)c2)cc1.O=C(O)C(F)(F)F. The highest BCUT2D eigenvalue weighted by atomic mass is 19.4. The van der Waals surface area contributed by atoms with Crippen LogP contribution in [0, 0.1) is 0 Å². The van der Waals surface area contributed by atoms with Crippen LogP contribution >= 0.6 is 0 Å². The molecule has 2 aromatic rings. The standard InChI is InChI=1S/C23H31NO3.C2HF3O2/c1-23(2,3)20-9-7-18(8-10-20)13-16-27-21-6-4-5-19(17-21)11-14-24-15-12-22(25)26;3-2(4,5)1(6)7/h4-10,17,24H,11-16H2,1-3H3,(H,25,26);(H,6,7). The normalized spacial score (nSPS) is 11.4. The van der Waals surface area contributed by atoms with Gasteiger partial charge in [-0.2, -0.15) is 13.2 Å². The third-order valence-corrected chi connectivity index (χ3v) is 4.73. The van der Waals surface area contributed by atoms with Gasteiger partial charge in [0, 0.05) is 13.0 Å². The van der Waals surface area contributed by atoms with Crippen molar-refractivity contribution in [2.45, 2.75) is 51.6 Å². The molecule has 0 saturated carbocycles. The molecule has 0 radical (unpaired) electrons. The molecule has 0 atom stereocenters. The predicted octanol–water partition coefficient (Wildman–Crippen LogP) is 4.85. The number of ether oxygens (including phenoxy) is 1. The molecule has 0 fully saturated rings. The van der Waals surface area contributed by atoms with Gasteiger partial charge >= 0.3 is 18.1 Å². The lowest BCUT2D eigenvalue weighted by atomic mass is 9.86. The molecule has 3 N–H and O–H groups in total.